The number of rotatable bonds is 2. The molecular weight excluding hydrogens is 274 g/mol. The van der Waals surface area contributed by atoms with E-state index in [1.54, 1.807) is 19.3 Å². The highest BCUT2D eigenvalue weighted by Crippen LogP contribution is 2.29. The lowest BCUT2D eigenvalue weighted by Crippen LogP contribution is -2.39. The molecule has 0 radical (unpaired) electrons. The normalized spacial score (nSPS) is 18.8. The molecule has 1 aliphatic rings. The van der Waals surface area contributed by atoms with Gasteiger partial charge in [0, 0.05) is 18.9 Å². The van der Waals surface area contributed by atoms with E-state index in [4.69, 9.17) is 0 Å². The van der Waals surface area contributed by atoms with Crippen LogP contribution in [0, 0.1) is 0 Å². The number of hydrogen-bond donors (Lipinski definition) is 2. The summed E-state index contributed by atoms with van der Waals surface area (Å²) in [7, 11) is 1.67. The third kappa shape index (κ3) is 2.16. The number of carboxylic acids is 1. The van der Waals surface area contributed by atoms with Gasteiger partial charge in [-0.3, -0.25) is 19.6 Å². The van der Waals surface area contributed by atoms with E-state index in [-0.39, 0.29) is 23.8 Å². The third-order valence-electron chi connectivity index (χ3n) is 3.73. The number of aromatic nitrogens is 2. The molecule has 7 heteroatoms. The van der Waals surface area contributed by atoms with Crippen molar-refractivity contribution in [3.8, 4) is 0 Å². The van der Waals surface area contributed by atoms with Gasteiger partial charge in [-0.25, -0.2) is 4.79 Å². The van der Waals surface area contributed by atoms with Crippen LogP contribution < -0.4 is 5.32 Å². The number of carbonyl (C=O) groups excluding carboxylic acids is 2. The third-order valence-corrected chi connectivity index (χ3v) is 3.73. The number of fused-ring (bicyclic) bond motifs is 1. The molecular formula is C14H13N3O4. The Morgan fingerprint density at radius 3 is 2.86 bits per heavy atom. The monoisotopic (exact) mass is 287 g/mol. The average Bonchev–Trinajstić information content (AvgIpc) is 2.79. The van der Waals surface area contributed by atoms with Crippen LogP contribution in [0.4, 0.5) is 0 Å². The van der Waals surface area contributed by atoms with Gasteiger partial charge in [-0.1, -0.05) is 0 Å². The standard InChI is InChI=1S/C14H13N3O4/c1-17-12-8(6-15-17)4-7(5-10(12)14(20)21)9-2-3-11(18)16-13(9)19/h4-6,9H,2-3H2,1H3,(H,20,21)(H,16,18,19). The Balaban J connectivity index is 2.14. The molecule has 0 spiro atoms. The maximum absolute atomic E-state index is 11.9. The lowest BCUT2D eigenvalue weighted by molar-refractivity contribution is -0.134. The molecule has 1 atom stereocenters. The van der Waals surface area contributed by atoms with Crippen molar-refractivity contribution in [1.29, 1.82) is 0 Å². The van der Waals surface area contributed by atoms with Crippen molar-refractivity contribution in [2.45, 2.75) is 18.8 Å². The molecule has 3 rings (SSSR count). The minimum absolute atomic E-state index is 0.104. The maximum atomic E-state index is 11.9. The lowest BCUT2D eigenvalue weighted by Gasteiger charge is -2.21. The molecule has 0 bridgehead atoms. The number of piperidine rings is 1. The largest absolute Gasteiger partial charge is 0.478 e. The summed E-state index contributed by atoms with van der Waals surface area (Å²) in [6.07, 6.45) is 2.20. The van der Waals surface area contributed by atoms with E-state index in [1.807, 2.05) is 0 Å². The highest BCUT2D eigenvalue weighted by Gasteiger charge is 2.29. The molecule has 1 fully saturated rings. The number of amides is 2. The van der Waals surface area contributed by atoms with Crippen LogP contribution in [0.5, 0.6) is 0 Å². The Morgan fingerprint density at radius 1 is 1.43 bits per heavy atom. The van der Waals surface area contributed by atoms with Crippen molar-refractivity contribution >= 4 is 28.7 Å². The molecule has 7 nitrogen and oxygen atoms in total. The van der Waals surface area contributed by atoms with Crippen LogP contribution in [-0.4, -0.2) is 32.7 Å². The first kappa shape index (κ1) is 13.3. The Morgan fingerprint density at radius 2 is 2.19 bits per heavy atom. The van der Waals surface area contributed by atoms with Crippen LogP contribution >= 0.6 is 0 Å². The van der Waals surface area contributed by atoms with Crippen molar-refractivity contribution in [3.05, 3.63) is 29.5 Å². The Labute approximate surface area is 119 Å². The Hall–Kier alpha value is -2.70. The molecule has 21 heavy (non-hydrogen) atoms. The van der Waals surface area contributed by atoms with Gasteiger partial charge in [0.1, 0.15) is 0 Å². The number of nitrogens with one attached hydrogen (secondary N) is 1. The fraction of sp³-hybridized carbons (Fsp3) is 0.286. The smallest absolute Gasteiger partial charge is 0.337 e. The Bertz CT molecular complexity index is 778. The van der Waals surface area contributed by atoms with Crippen LogP contribution in [0.2, 0.25) is 0 Å². The summed E-state index contributed by atoms with van der Waals surface area (Å²) in [5, 5.41) is 16.4. The summed E-state index contributed by atoms with van der Waals surface area (Å²) in [4.78, 5) is 34.6. The van der Waals surface area contributed by atoms with Gasteiger partial charge < -0.3 is 5.11 Å². The summed E-state index contributed by atoms with van der Waals surface area (Å²) in [6.45, 7) is 0. The summed E-state index contributed by atoms with van der Waals surface area (Å²) in [5.74, 6) is -2.26. The fourth-order valence-corrected chi connectivity index (χ4v) is 2.72. The van der Waals surface area contributed by atoms with E-state index in [2.05, 4.69) is 10.4 Å². The number of carbonyl (C=O) groups is 3. The molecule has 108 valence electrons. The molecule has 2 N–H and O–H groups in total. The van der Waals surface area contributed by atoms with E-state index in [9.17, 15) is 19.5 Å². The van der Waals surface area contributed by atoms with Gasteiger partial charge in [-0.05, 0) is 24.1 Å². The lowest BCUT2D eigenvalue weighted by atomic mass is 9.88. The zero-order valence-corrected chi connectivity index (χ0v) is 11.3. The molecule has 2 heterocycles. The van der Waals surface area contributed by atoms with Crippen molar-refractivity contribution in [2.75, 3.05) is 0 Å². The second-order valence-electron chi connectivity index (χ2n) is 5.08. The minimum Gasteiger partial charge on any atom is -0.478 e. The van der Waals surface area contributed by atoms with Gasteiger partial charge in [0.25, 0.3) is 0 Å². The van der Waals surface area contributed by atoms with E-state index in [1.165, 1.54) is 10.7 Å². The quantitative estimate of drug-likeness (QED) is 0.795. The van der Waals surface area contributed by atoms with Gasteiger partial charge in [-0.15, -0.1) is 0 Å². The molecule has 2 aromatic rings. The number of hydrogen-bond acceptors (Lipinski definition) is 4. The van der Waals surface area contributed by atoms with E-state index >= 15 is 0 Å². The highest BCUT2D eigenvalue weighted by molar-refractivity contribution is 6.04. The van der Waals surface area contributed by atoms with Crippen molar-refractivity contribution in [1.82, 2.24) is 15.1 Å². The summed E-state index contributed by atoms with van der Waals surface area (Å²) >= 11 is 0. The van der Waals surface area contributed by atoms with Crippen LogP contribution in [0.15, 0.2) is 18.3 Å². The summed E-state index contributed by atoms with van der Waals surface area (Å²) in [6, 6.07) is 3.25. The molecule has 0 aliphatic carbocycles. The van der Waals surface area contributed by atoms with Crippen molar-refractivity contribution in [3.63, 3.8) is 0 Å². The molecule has 1 aromatic carbocycles. The first-order valence-electron chi connectivity index (χ1n) is 6.50. The predicted molar refractivity (Wildman–Crippen MR) is 72.8 cm³/mol. The maximum Gasteiger partial charge on any atom is 0.337 e. The average molecular weight is 287 g/mol. The highest BCUT2D eigenvalue weighted by atomic mass is 16.4. The zero-order chi connectivity index (χ0) is 15.1. The topological polar surface area (TPSA) is 101 Å². The van der Waals surface area contributed by atoms with E-state index in [0.717, 1.165) is 0 Å². The minimum atomic E-state index is -1.07. The van der Waals surface area contributed by atoms with Crippen molar-refractivity contribution in [2.24, 2.45) is 7.05 Å². The fourth-order valence-electron chi connectivity index (χ4n) is 2.72. The predicted octanol–water partition coefficient (Wildman–Crippen LogP) is 0.792. The van der Waals surface area contributed by atoms with Gasteiger partial charge in [0.15, 0.2) is 0 Å². The molecule has 1 aliphatic heterocycles. The summed E-state index contributed by atoms with van der Waals surface area (Å²) < 4.78 is 1.49. The number of aryl methyl sites for hydroxylation is 1. The van der Waals surface area contributed by atoms with Crippen LogP contribution in [0.1, 0.15) is 34.7 Å². The second kappa shape index (κ2) is 4.69. The van der Waals surface area contributed by atoms with E-state index in [0.29, 0.717) is 22.9 Å². The molecule has 1 saturated heterocycles. The van der Waals surface area contributed by atoms with Crippen LogP contribution in [0.25, 0.3) is 10.9 Å². The van der Waals surface area contributed by atoms with E-state index < -0.39 is 11.9 Å². The number of carboxylic acid groups (broad SMARTS) is 1. The van der Waals surface area contributed by atoms with Crippen LogP contribution in [0.3, 0.4) is 0 Å². The van der Waals surface area contributed by atoms with Gasteiger partial charge in [0.2, 0.25) is 11.8 Å². The zero-order valence-electron chi connectivity index (χ0n) is 11.3. The first-order valence-corrected chi connectivity index (χ1v) is 6.50. The first-order chi connectivity index (χ1) is 9.97. The molecule has 1 aromatic heterocycles. The van der Waals surface area contributed by atoms with Crippen molar-refractivity contribution < 1.29 is 19.5 Å². The second-order valence-corrected chi connectivity index (χ2v) is 5.08. The van der Waals surface area contributed by atoms with Crippen LogP contribution in [-0.2, 0) is 16.6 Å². The SMILES string of the molecule is Cn1ncc2cc(C3CCC(=O)NC3=O)cc(C(=O)O)c21. The van der Waals surface area contributed by atoms with Gasteiger partial charge in [-0.2, -0.15) is 5.10 Å². The summed E-state index contributed by atoms with van der Waals surface area (Å²) in [5.41, 5.74) is 1.21. The molecule has 0 saturated carbocycles. The van der Waals surface area contributed by atoms with Gasteiger partial charge >= 0.3 is 5.97 Å². The molecule has 2 amide bonds. The number of benzene rings is 1. The van der Waals surface area contributed by atoms with Gasteiger partial charge in [0.05, 0.1) is 23.2 Å². The Kier molecular flexibility index (Phi) is 2.97. The number of aromatic carboxylic acids is 1. The number of imide groups is 1. The molecule has 1 unspecified atom stereocenters. The number of nitrogens with zero attached hydrogens (tertiary/aromatic N) is 2.